The van der Waals surface area contributed by atoms with Crippen LogP contribution in [0.15, 0.2) is 48.5 Å². The lowest BCUT2D eigenvalue weighted by Crippen LogP contribution is -2.37. The van der Waals surface area contributed by atoms with Crippen molar-refractivity contribution in [3.8, 4) is 0 Å². The maximum Gasteiger partial charge on any atom is 0.251 e. The van der Waals surface area contributed by atoms with Gasteiger partial charge in [-0.3, -0.25) is 9.59 Å². The Morgan fingerprint density at radius 2 is 1.68 bits per heavy atom. The van der Waals surface area contributed by atoms with Crippen LogP contribution in [0.5, 0.6) is 0 Å². The van der Waals surface area contributed by atoms with Crippen LogP contribution in [0.2, 0.25) is 0 Å². The van der Waals surface area contributed by atoms with Gasteiger partial charge in [-0.2, -0.15) is 0 Å². The minimum atomic E-state index is -0.114. The number of nitrogens with one attached hydrogen (secondary N) is 1. The average molecular weight is 338 g/mol. The molecule has 0 unspecified atom stereocenters. The molecule has 2 aromatic carbocycles. The summed E-state index contributed by atoms with van der Waals surface area (Å²) in [6.45, 7) is 8.57. The van der Waals surface area contributed by atoms with E-state index >= 15 is 0 Å². The van der Waals surface area contributed by atoms with E-state index in [1.807, 2.05) is 49.4 Å². The van der Waals surface area contributed by atoms with Gasteiger partial charge in [-0.1, -0.05) is 44.2 Å². The molecule has 4 heteroatoms. The number of hydrogen-bond donors (Lipinski definition) is 1. The van der Waals surface area contributed by atoms with Crippen LogP contribution in [-0.4, -0.2) is 24.9 Å². The van der Waals surface area contributed by atoms with E-state index in [9.17, 15) is 9.59 Å². The van der Waals surface area contributed by atoms with E-state index in [0.29, 0.717) is 24.6 Å². The fourth-order valence-electron chi connectivity index (χ4n) is 2.71. The Kier molecular flexibility index (Phi) is 6.34. The lowest BCUT2D eigenvalue weighted by atomic mass is 10.0. The van der Waals surface area contributed by atoms with Crippen molar-refractivity contribution < 1.29 is 9.59 Å². The smallest absolute Gasteiger partial charge is 0.251 e. The van der Waals surface area contributed by atoms with E-state index in [1.165, 1.54) is 5.56 Å². The van der Waals surface area contributed by atoms with Crippen LogP contribution in [0.1, 0.15) is 48.2 Å². The number of benzene rings is 2. The molecule has 2 amide bonds. The Hall–Kier alpha value is -2.62. The summed E-state index contributed by atoms with van der Waals surface area (Å²) in [4.78, 5) is 25.9. The second-order valence-corrected chi connectivity index (χ2v) is 6.49. The first kappa shape index (κ1) is 18.7. The number of nitrogens with zero attached hydrogens (tertiary/aromatic N) is 1. The third-order valence-corrected chi connectivity index (χ3v) is 4.26. The molecule has 2 aromatic rings. The molecule has 0 fully saturated rings. The highest BCUT2D eigenvalue weighted by molar-refractivity contribution is 5.96. The van der Waals surface area contributed by atoms with Crippen LogP contribution in [0.25, 0.3) is 0 Å². The molecule has 2 rings (SSSR count). The van der Waals surface area contributed by atoms with Gasteiger partial charge >= 0.3 is 0 Å². The van der Waals surface area contributed by atoms with Crippen LogP contribution >= 0.6 is 0 Å². The first-order chi connectivity index (χ1) is 11.9. The number of hydrogen-bond acceptors (Lipinski definition) is 2. The molecule has 132 valence electrons. The molecule has 0 aliphatic carbocycles. The number of carbonyl (C=O) groups excluding carboxylic acids is 2. The zero-order valence-electron chi connectivity index (χ0n) is 15.4. The number of amides is 2. The summed E-state index contributed by atoms with van der Waals surface area (Å²) in [6, 6.07) is 15.5. The molecule has 0 spiro atoms. The summed E-state index contributed by atoms with van der Waals surface area (Å²) >= 11 is 0. The molecule has 0 atom stereocenters. The van der Waals surface area contributed by atoms with Crippen LogP contribution in [0.3, 0.4) is 0 Å². The minimum Gasteiger partial charge on any atom is -0.350 e. The van der Waals surface area contributed by atoms with Crippen molar-refractivity contribution in [3.63, 3.8) is 0 Å². The highest BCUT2D eigenvalue weighted by atomic mass is 16.2. The fraction of sp³-hybridized carbons (Fsp3) is 0.333. The molecular weight excluding hydrogens is 312 g/mol. The third-order valence-electron chi connectivity index (χ3n) is 4.26. The first-order valence-corrected chi connectivity index (χ1v) is 8.62. The Bertz CT molecular complexity index is 736. The monoisotopic (exact) mass is 338 g/mol. The van der Waals surface area contributed by atoms with Gasteiger partial charge in [0.2, 0.25) is 5.91 Å². The largest absolute Gasteiger partial charge is 0.350 e. The molecular formula is C21H26N2O2. The van der Waals surface area contributed by atoms with Gasteiger partial charge in [-0.05, 0) is 42.2 Å². The highest BCUT2D eigenvalue weighted by Gasteiger charge is 2.13. The van der Waals surface area contributed by atoms with Gasteiger partial charge in [0.1, 0.15) is 0 Å². The lowest BCUT2D eigenvalue weighted by molar-refractivity contribution is -0.116. The molecule has 0 saturated carbocycles. The van der Waals surface area contributed by atoms with Gasteiger partial charge in [-0.15, -0.1) is 0 Å². The van der Waals surface area contributed by atoms with Gasteiger partial charge < -0.3 is 10.2 Å². The first-order valence-electron chi connectivity index (χ1n) is 8.62. The second-order valence-electron chi connectivity index (χ2n) is 6.49. The van der Waals surface area contributed by atoms with Crippen molar-refractivity contribution in [3.05, 3.63) is 65.2 Å². The summed E-state index contributed by atoms with van der Waals surface area (Å²) in [7, 11) is 0. The van der Waals surface area contributed by atoms with E-state index < -0.39 is 0 Å². The predicted octanol–water partition coefficient (Wildman–Crippen LogP) is 3.90. The summed E-state index contributed by atoms with van der Waals surface area (Å²) in [5, 5.41) is 2.89. The van der Waals surface area contributed by atoms with E-state index in [0.717, 1.165) is 11.3 Å². The number of rotatable bonds is 6. The van der Waals surface area contributed by atoms with Gasteiger partial charge in [0.05, 0.1) is 0 Å². The summed E-state index contributed by atoms with van der Waals surface area (Å²) in [6.07, 6.45) is 0. The molecule has 0 radical (unpaired) electrons. The van der Waals surface area contributed by atoms with E-state index in [2.05, 4.69) is 19.2 Å². The molecule has 0 aliphatic heterocycles. The molecule has 1 N–H and O–H groups in total. The Morgan fingerprint density at radius 3 is 2.24 bits per heavy atom. The summed E-state index contributed by atoms with van der Waals surface area (Å²) in [5.41, 5.74) is 3.69. The van der Waals surface area contributed by atoms with Crippen LogP contribution in [-0.2, 0) is 4.79 Å². The van der Waals surface area contributed by atoms with Crippen LogP contribution in [0.4, 0.5) is 5.69 Å². The molecule has 25 heavy (non-hydrogen) atoms. The maximum absolute atomic E-state index is 12.3. The Morgan fingerprint density at radius 1 is 1.04 bits per heavy atom. The Labute approximate surface area is 149 Å². The molecule has 4 nitrogen and oxygen atoms in total. The van der Waals surface area contributed by atoms with Crippen molar-refractivity contribution in [1.82, 2.24) is 5.32 Å². The van der Waals surface area contributed by atoms with Crippen molar-refractivity contribution in [2.45, 2.75) is 33.6 Å². The predicted molar refractivity (Wildman–Crippen MR) is 102 cm³/mol. The quantitative estimate of drug-likeness (QED) is 0.868. The van der Waals surface area contributed by atoms with E-state index in [4.69, 9.17) is 0 Å². The van der Waals surface area contributed by atoms with Gasteiger partial charge in [0.25, 0.3) is 5.91 Å². The summed E-state index contributed by atoms with van der Waals surface area (Å²) in [5.74, 6) is 0.299. The topological polar surface area (TPSA) is 49.4 Å². The lowest BCUT2D eigenvalue weighted by Gasteiger charge is -2.22. The van der Waals surface area contributed by atoms with Crippen molar-refractivity contribution in [1.29, 1.82) is 0 Å². The van der Waals surface area contributed by atoms with E-state index in [1.54, 1.807) is 17.9 Å². The number of anilines is 1. The standard InChI is InChI=1S/C21H26N2O2/c1-15(2)18-9-11-19(12-10-18)23(17(4)24)14-13-22-21(25)20-8-6-5-7-16(20)3/h5-12,15H,13-14H2,1-4H3,(H,22,25). The minimum absolute atomic E-state index is 0.0394. The number of aryl methyl sites for hydroxylation is 1. The molecule has 0 aliphatic rings. The van der Waals surface area contributed by atoms with E-state index in [-0.39, 0.29) is 11.8 Å². The van der Waals surface area contributed by atoms with Gasteiger partial charge in [0, 0.05) is 31.3 Å². The highest BCUT2D eigenvalue weighted by Crippen LogP contribution is 2.20. The van der Waals surface area contributed by atoms with Gasteiger partial charge in [-0.25, -0.2) is 0 Å². The van der Waals surface area contributed by atoms with Crippen molar-refractivity contribution in [2.75, 3.05) is 18.0 Å². The zero-order chi connectivity index (χ0) is 18.4. The van der Waals surface area contributed by atoms with Crippen molar-refractivity contribution >= 4 is 17.5 Å². The van der Waals surface area contributed by atoms with Gasteiger partial charge in [0.15, 0.2) is 0 Å². The molecule has 0 heterocycles. The summed E-state index contributed by atoms with van der Waals surface area (Å²) < 4.78 is 0. The van der Waals surface area contributed by atoms with Crippen LogP contribution in [0, 0.1) is 6.92 Å². The zero-order valence-corrected chi connectivity index (χ0v) is 15.4. The average Bonchev–Trinajstić information content (AvgIpc) is 2.58. The molecule has 0 saturated heterocycles. The molecule has 0 bridgehead atoms. The fourth-order valence-corrected chi connectivity index (χ4v) is 2.71. The maximum atomic E-state index is 12.3. The normalized spacial score (nSPS) is 10.6. The van der Waals surface area contributed by atoms with Crippen LogP contribution < -0.4 is 10.2 Å². The Balaban J connectivity index is 1.99. The third kappa shape index (κ3) is 4.92. The number of carbonyl (C=O) groups is 2. The SMILES string of the molecule is CC(=O)N(CCNC(=O)c1ccccc1C)c1ccc(C(C)C)cc1. The van der Waals surface area contributed by atoms with Crippen molar-refractivity contribution in [2.24, 2.45) is 0 Å². The second kappa shape index (κ2) is 8.47. The molecule has 0 aromatic heterocycles.